The van der Waals surface area contributed by atoms with Gasteiger partial charge in [-0.3, -0.25) is 19.4 Å². The monoisotopic (exact) mass is 432 g/mol. The number of benzene rings is 2. The quantitative estimate of drug-likeness (QED) is 0.782. The maximum Gasteiger partial charge on any atom is 0.250 e. The first-order chi connectivity index (χ1) is 13.9. The third-order valence-corrected chi connectivity index (χ3v) is 5.68. The van der Waals surface area contributed by atoms with Gasteiger partial charge < -0.3 is 10.6 Å². The summed E-state index contributed by atoms with van der Waals surface area (Å²) < 4.78 is 13.8. The molecule has 0 bridgehead atoms. The van der Waals surface area contributed by atoms with Crippen molar-refractivity contribution in [2.75, 3.05) is 36.4 Å². The van der Waals surface area contributed by atoms with Crippen LogP contribution in [0.25, 0.3) is 0 Å². The molecule has 2 heterocycles. The molecule has 2 aliphatic rings. The molecule has 2 aliphatic heterocycles. The second-order valence-corrected chi connectivity index (χ2v) is 8.00. The number of hydrogen-bond acceptors (Lipinski definition) is 4. The van der Waals surface area contributed by atoms with Crippen molar-refractivity contribution in [2.45, 2.75) is 25.4 Å². The number of carbonyl (C=O) groups is 2. The largest absolute Gasteiger partial charge is 0.322 e. The topological polar surface area (TPSA) is 64.7 Å². The van der Waals surface area contributed by atoms with Crippen molar-refractivity contribution in [1.29, 1.82) is 0 Å². The van der Waals surface area contributed by atoms with Crippen LogP contribution in [0.3, 0.4) is 0 Å². The molecule has 2 N–H and O–H groups in total. The second kappa shape index (κ2) is 8.71. The summed E-state index contributed by atoms with van der Waals surface area (Å²) in [5.41, 5.74) is 1.15. The van der Waals surface area contributed by atoms with Gasteiger partial charge in [-0.25, -0.2) is 4.39 Å². The fourth-order valence-electron chi connectivity index (χ4n) is 4.12. The van der Waals surface area contributed by atoms with E-state index in [2.05, 4.69) is 15.5 Å². The molecule has 2 amide bonds. The van der Waals surface area contributed by atoms with E-state index in [4.69, 9.17) is 0 Å². The molecular formula is C22H26ClFN4O2. The van der Waals surface area contributed by atoms with Crippen LogP contribution in [-0.2, 0) is 9.59 Å². The molecular weight excluding hydrogens is 407 g/mol. The van der Waals surface area contributed by atoms with Crippen molar-refractivity contribution >= 4 is 35.6 Å². The van der Waals surface area contributed by atoms with Gasteiger partial charge in [0, 0.05) is 25.7 Å². The highest BCUT2D eigenvalue weighted by Gasteiger charge is 2.44. The zero-order chi connectivity index (χ0) is 20.6. The Hall–Kier alpha value is -2.48. The normalized spacial score (nSPS) is 20.7. The number of fused-ring (bicyclic) bond motifs is 1. The highest BCUT2D eigenvalue weighted by molar-refractivity contribution is 6.14. The summed E-state index contributed by atoms with van der Waals surface area (Å²) in [4.78, 5) is 29.7. The fraction of sp³-hybridized carbons (Fsp3) is 0.364. The van der Waals surface area contributed by atoms with Crippen LogP contribution in [0.4, 0.5) is 15.8 Å². The van der Waals surface area contributed by atoms with Crippen molar-refractivity contribution in [3.63, 3.8) is 0 Å². The molecule has 1 fully saturated rings. The number of piperazine rings is 1. The number of anilines is 2. The molecule has 1 atom stereocenters. The second-order valence-electron chi connectivity index (χ2n) is 8.00. The SMILES string of the molecule is CC1(C)C(=O)Nc2ccccc2N1C(=O)CN1CCNCC1c1cccc(F)c1.Cl. The number of halogens is 2. The first kappa shape index (κ1) is 22.2. The Bertz CT molecular complexity index is 952. The number of para-hydroxylation sites is 2. The number of nitrogens with one attached hydrogen (secondary N) is 2. The summed E-state index contributed by atoms with van der Waals surface area (Å²) >= 11 is 0. The molecule has 1 unspecified atom stereocenters. The number of nitrogens with zero attached hydrogens (tertiary/aromatic N) is 2. The maximum atomic E-state index is 13.8. The highest BCUT2D eigenvalue weighted by atomic mass is 35.5. The molecule has 2 aromatic rings. The Morgan fingerprint density at radius 3 is 2.73 bits per heavy atom. The molecule has 2 aromatic carbocycles. The molecule has 4 rings (SSSR count). The zero-order valence-corrected chi connectivity index (χ0v) is 17.8. The van der Waals surface area contributed by atoms with Crippen molar-refractivity contribution in [1.82, 2.24) is 10.2 Å². The minimum Gasteiger partial charge on any atom is -0.322 e. The summed E-state index contributed by atoms with van der Waals surface area (Å²) in [5.74, 6) is -0.658. The lowest BCUT2D eigenvalue weighted by Gasteiger charge is -2.44. The number of carbonyl (C=O) groups excluding carboxylic acids is 2. The third-order valence-electron chi connectivity index (χ3n) is 5.68. The van der Waals surface area contributed by atoms with E-state index in [1.807, 2.05) is 24.3 Å². The van der Waals surface area contributed by atoms with E-state index in [1.165, 1.54) is 12.1 Å². The number of rotatable bonds is 3. The van der Waals surface area contributed by atoms with Gasteiger partial charge in [0.2, 0.25) is 11.8 Å². The van der Waals surface area contributed by atoms with Crippen molar-refractivity contribution in [3.8, 4) is 0 Å². The van der Waals surface area contributed by atoms with E-state index in [9.17, 15) is 14.0 Å². The molecule has 0 aromatic heterocycles. The van der Waals surface area contributed by atoms with Gasteiger partial charge in [-0.2, -0.15) is 0 Å². The summed E-state index contributed by atoms with van der Waals surface area (Å²) in [6.45, 7) is 5.69. The summed E-state index contributed by atoms with van der Waals surface area (Å²) in [6.07, 6.45) is 0. The Morgan fingerprint density at radius 1 is 1.20 bits per heavy atom. The third kappa shape index (κ3) is 4.05. The molecule has 0 spiro atoms. The number of hydrogen-bond donors (Lipinski definition) is 2. The lowest BCUT2D eigenvalue weighted by Crippen LogP contribution is -2.61. The predicted molar refractivity (Wildman–Crippen MR) is 117 cm³/mol. The highest BCUT2D eigenvalue weighted by Crippen LogP contribution is 2.37. The molecule has 0 saturated carbocycles. The van der Waals surface area contributed by atoms with Crippen LogP contribution in [0.15, 0.2) is 48.5 Å². The van der Waals surface area contributed by atoms with Gasteiger partial charge in [-0.1, -0.05) is 24.3 Å². The van der Waals surface area contributed by atoms with Crippen molar-refractivity contribution < 1.29 is 14.0 Å². The van der Waals surface area contributed by atoms with Crippen LogP contribution in [0.2, 0.25) is 0 Å². The molecule has 160 valence electrons. The van der Waals surface area contributed by atoms with Gasteiger partial charge >= 0.3 is 0 Å². The van der Waals surface area contributed by atoms with Crippen LogP contribution in [-0.4, -0.2) is 48.4 Å². The van der Waals surface area contributed by atoms with E-state index in [0.29, 0.717) is 24.5 Å². The fourth-order valence-corrected chi connectivity index (χ4v) is 4.12. The minimum absolute atomic E-state index is 0. The lowest BCUT2D eigenvalue weighted by molar-refractivity contribution is -0.127. The molecule has 0 radical (unpaired) electrons. The van der Waals surface area contributed by atoms with Gasteiger partial charge in [0.25, 0.3) is 0 Å². The zero-order valence-electron chi connectivity index (χ0n) is 17.0. The van der Waals surface area contributed by atoms with Crippen molar-refractivity contribution in [2.24, 2.45) is 0 Å². The van der Waals surface area contributed by atoms with E-state index in [1.54, 1.807) is 30.9 Å². The summed E-state index contributed by atoms with van der Waals surface area (Å²) in [6, 6.07) is 13.7. The smallest absolute Gasteiger partial charge is 0.250 e. The van der Waals surface area contributed by atoms with Crippen LogP contribution >= 0.6 is 12.4 Å². The Kier molecular flexibility index (Phi) is 6.45. The van der Waals surface area contributed by atoms with Crippen LogP contribution in [0, 0.1) is 5.82 Å². The van der Waals surface area contributed by atoms with Crippen LogP contribution < -0.4 is 15.5 Å². The van der Waals surface area contributed by atoms with Gasteiger partial charge in [-0.05, 0) is 43.7 Å². The minimum atomic E-state index is -1.01. The molecule has 0 aliphatic carbocycles. The summed E-state index contributed by atoms with van der Waals surface area (Å²) in [5, 5.41) is 6.20. The Labute approximate surface area is 181 Å². The molecule has 30 heavy (non-hydrogen) atoms. The Balaban J connectivity index is 0.00000256. The molecule has 1 saturated heterocycles. The van der Waals surface area contributed by atoms with Gasteiger partial charge in [0.05, 0.1) is 17.9 Å². The first-order valence-corrected chi connectivity index (χ1v) is 9.82. The molecule has 8 heteroatoms. The predicted octanol–water partition coefficient (Wildman–Crippen LogP) is 2.96. The lowest BCUT2D eigenvalue weighted by atomic mass is 9.95. The van der Waals surface area contributed by atoms with Crippen LogP contribution in [0.5, 0.6) is 0 Å². The van der Waals surface area contributed by atoms with Crippen molar-refractivity contribution in [3.05, 3.63) is 59.9 Å². The maximum absolute atomic E-state index is 13.8. The van der Waals surface area contributed by atoms with E-state index in [0.717, 1.165) is 12.1 Å². The average Bonchev–Trinajstić information content (AvgIpc) is 2.69. The molecule has 6 nitrogen and oxygen atoms in total. The standard InChI is InChI=1S/C22H25FN4O2.ClH/c1-22(2)21(29)25-17-8-3-4-9-18(17)27(22)20(28)14-26-11-10-24-13-19(26)15-6-5-7-16(23)12-15;/h3-9,12,19,24H,10-11,13-14H2,1-2H3,(H,25,29);1H. The van der Waals surface area contributed by atoms with E-state index >= 15 is 0 Å². The van der Waals surface area contributed by atoms with Crippen LogP contribution in [0.1, 0.15) is 25.5 Å². The van der Waals surface area contributed by atoms with E-state index in [-0.39, 0.29) is 42.6 Å². The summed E-state index contributed by atoms with van der Waals surface area (Å²) in [7, 11) is 0. The van der Waals surface area contributed by atoms with Gasteiger partial charge in [-0.15, -0.1) is 12.4 Å². The average molecular weight is 433 g/mol. The van der Waals surface area contributed by atoms with Gasteiger partial charge in [0.1, 0.15) is 11.4 Å². The van der Waals surface area contributed by atoms with E-state index < -0.39 is 5.54 Å². The van der Waals surface area contributed by atoms with Gasteiger partial charge in [0.15, 0.2) is 0 Å². The number of amides is 2. The first-order valence-electron chi connectivity index (χ1n) is 9.82. The Morgan fingerprint density at radius 2 is 1.97 bits per heavy atom.